The van der Waals surface area contributed by atoms with Gasteiger partial charge in [0.25, 0.3) is 11.4 Å². The highest BCUT2D eigenvalue weighted by molar-refractivity contribution is 6.03. The number of aromatic carboxylic acids is 2. The van der Waals surface area contributed by atoms with Crippen molar-refractivity contribution in [3.63, 3.8) is 0 Å². The molecular weight excluding hydrogens is 448 g/mol. The van der Waals surface area contributed by atoms with E-state index in [0.717, 1.165) is 36.4 Å². The van der Waals surface area contributed by atoms with Gasteiger partial charge in [-0.05, 0) is 12.1 Å². The second kappa shape index (κ2) is 10.7. The molecule has 0 amide bonds. The van der Waals surface area contributed by atoms with E-state index in [-0.39, 0.29) is 23.2 Å². The molecule has 14 nitrogen and oxygen atoms in total. The summed E-state index contributed by atoms with van der Waals surface area (Å²) in [4.78, 5) is 65.1. The van der Waals surface area contributed by atoms with Crippen molar-refractivity contribution >= 4 is 29.3 Å². The van der Waals surface area contributed by atoms with Crippen LogP contribution in [0.5, 0.6) is 0 Å². The minimum atomic E-state index is -1.52. The summed E-state index contributed by atoms with van der Waals surface area (Å²) in [5, 5.41) is 40.2. The number of nitro groups is 2. The number of ether oxygens (including phenoxy) is 1. The van der Waals surface area contributed by atoms with Gasteiger partial charge in [0.15, 0.2) is 0 Å². The summed E-state index contributed by atoms with van der Waals surface area (Å²) < 4.78 is 4.99. The molecule has 2 rings (SSSR count). The van der Waals surface area contributed by atoms with Crippen LogP contribution in [0, 0.1) is 20.2 Å². The second-order valence-electron chi connectivity index (χ2n) is 6.30. The van der Waals surface area contributed by atoms with Gasteiger partial charge in [0.1, 0.15) is 6.61 Å². The average molecular weight is 464 g/mol. The van der Waals surface area contributed by atoms with Crippen LogP contribution in [0.1, 0.15) is 50.0 Å². The topological polar surface area (TPSA) is 206 Å². The summed E-state index contributed by atoms with van der Waals surface area (Å²) in [6, 6.07) is 5.53. The number of non-ortho nitro benzene ring substituents is 2. The molecule has 2 aromatic rings. The highest BCUT2D eigenvalue weighted by Gasteiger charge is 2.25. The zero-order valence-electron chi connectivity index (χ0n) is 16.8. The monoisotopic (exact) mass is 464 g/mol. The normalized spacial score (nSPS) is 11.4. The fraction of sp³-hybridized carbons (Fsp3) is 0.211. The maximum atomic E-state index is 12.4. The number of rotatable bonds is 11. The Morgan fingerprint density at radius 3 is 1.97 bits per heavy atom. The molecule has 2 aromatic carbocycles. The molecule has 0 heterocycles. The first-order valence-electron chi connectivity index (χ1n) is 9.06. The van der Waals surface area contributed by atoms with E-state index in [9.17, 15) is 44.8 Å². The van der Waals surface area contributed by atoms with E-state index >= 15 is 0 Å². The second-order valence-corrected chi connectivity index (χ2v) is 6.30. The van der Waals surface area contributed by atoms with Crippen molar-refractivity contribution in [3.8, 4) is 0 Å². The van der Waals surface area contributed by atoms with Gasteiger partial charge < -0.3 is 14.9 Å². The van der Waals surface area contributed by atoms with Gasteiger partial charge in [0, 0.05) is 36.2 Å². The van der Waals surface area contributed by atoms with Gasteiger partial charge in [-0.1, -0.05) is 6.92 Å². The number of nitro benzene ring substituents is 2. The zero-order valence-corrected chi connectivity index (χ0v) is 16.8. The molecule has 0 saturated carbocycles. The van der Waals surface area contributed by atoms with Crippen molar-refractivity contribution in [2.45, 2.75) is 26.2 Å². The standard InChI is InChI=1S/C19H16N2O12/c1-2-16(32-19(26)15-8-12(21(29)30)4-6-14(15)18(24)25)33-31-9-10-7-11(20(27)28)3-5-13(10)17(22)23/h3-8,16H,2,9H2,1H3,(H,22,23)(H,24,25). The van der Waals surface area contributed by atoms with Crippen molar-refractivity contribution in [3.05, 3.63) is 78.9 Å². The third kappa shape index (κ3) is 6.28. The van der Waals surface area contributed by atoms with Crippen LogP contribution in [0.2, 0.25) is 0 Å². The molecule has 0 aromatic heterocycles. The number of benzene rings is 2. The number of nitrogens with zero attached hydrogens (tertiary/aromatic N) is 2. The van der Waals surface area contributed by atoms with Crippen LogP contribution in [0.4, 0.5) is 11.4 Å². The maximum Gasteiger partial charge on any atom is 0.341 e. The largest absolute Gasteiger partial charge is 0.478 e. The summed E-state index contributed by atoms with van der Waals surface area (Å²) in [5.74, 6) is -4.13. The SMILES string of the molecule is CCC(OOCc1cc([N+](=O)[O-])ccc1C(=O)O)OC(=O)c1cc([N+](=O)[O-])ccc1C(=O)O. The summed E-state index contributed by atoms with van der Waals surface area (Å²) in [6.07, 6.45) is -1.42. The molecule has 14 heteroatoms. The van der Waals surface area contributed by atoms with Crippen LogP contribution in [0.15, 0.2) is 36.4 Å². The van der Waals surface area contributed by atoms with Crippen LogP contribution >= 0.6 is 0 Å². The smallest absolute Gasteiger partial charge is 0.341 e. The molecule has 2 N–H and O–H groups in total. The van der Waals surface area contributed by atoms with E-state index in [1.807, 2.05) is 0 Å². The van der Waals surface area contributed by atoms with E-state index in [1.165, 1.54) is 6.92 Å². The molecule has 0 radical (unpaired) electrons. The van der Waals surface area contributed by atoms with Crippen molar-refractivity contribution in [2.75, 3.05) is 0 Å². The van der Waals surface area contributed by atoms with Crippen LogP contribution in [0.25, 0.3) is 0 Å². The number of carbonyl (C=O) groups is 3. The third-order valence-corrected chi connectivity index (χ3v) is 4.16. The average Bonchev–Trinajstić information content (AvgIpc) is 2.77. The summed E-state index contributed by atoms with van der Waals surface area (Å²) in [5.41, 5.74) is -2.43. The number of carbonyl (C=O) groups excluding carboxylic acids is 1. The Bertz CT molecular complexity index is 1110. The fourth-order valence-corrected chi connectivity index (χ4v) is 2.55. The predicted octanol–water partition coefficient (Wildman–Crippen LogP) is 2.94. The Morgan fingerprint density at radius 1 is 0.909 bits per heavy atom. The molecular formula is C19H16N2O12. The van der Waals surface area contributed by atoms with Gasteiger partial charge in [-0.25, -0.2) is 19.3 Å². The summed E-state index contributed by atoms with van der Waals surface area (Å²) in [6.45, 7) is 0.942. The third-order valence-electron chi connectivity index (χ3n) is 4.16. The molecule has 0 aliphatic heterocycles. The van der Waals surface area contributed by atoms with Gasteiger partial charge in [-0.3, -0.25) is 20.2 Å². The van der Waals surface area contributed by atoms with Crippen LogP contribution in [-0.2, 0) is 21.1 Å². The first kappa shape index (κ1) is 24.8. The van der Waals surface area contributed by atoms with Gasteiger partial charge >= 0.3 is 17.9 Å². The molecule has 0 aliphatic carbocycles. The van der Waals surface area contributed by atoms with Crippen molar-refractivity contribution < 1.29 is 49.0 Å². The lowest BCUT2D eigenvalue weighted by Gasteiger charge is -2.16. The Balaban J connectivity index is 2.14. The first-order chi connectivity index (χ1) is 15.5. The lowest BCUT2D eigenvalue weighted by atomic mass is 10.1. The molecule has 0 spiro atoms. The van der Waals surface area contributed by atoms with Crippen molar-refractivity contribution in [2.24, 2.45) is 0 Å². The summed E-state index contributed by atoms with van der Waals surface area (Å²) >= 11 is 0. The highest BCUT2D eigenvalue weighted by atomic mass is 17.2. The van der Waals surface area contributed by atoms with E-state index in [0.29, 0.717) is 0 Å². The molecule has 33 heavy (non-hydrogen) atoms. The molecule has 1 unspecified atom stereocenters. The maximum absolute atomic E-state index is 12.4. The number of esters is 1. The Hall–Kier alpha value is -4.43. The molecule has 174 valence electrons. The molecule has 0 bridgehead atoms. The van der Waals surface area contributed by atoms with E-state index in [2.05, 4.69) is 0 Å². The fourth-order valence-electron chi connectivity index (χ4n) is 2.55. The van der Waals surface area contributed by atoms with Crippen LogP contribution in [-0.4, -0.2) is 44.3 Å². The molecule has 0 aliphatic rings. The van der Waals surface area contributed by atoms with Gasteiger partial charge in [0.05, 0.1) is 26.5 Å². The van der Waals surface area contributed by atoms with Gasteiger partial charge in [0.2, 0.25) is 6.29 Å². The van der Waals surface area contributed by atoms with E-state index in [4.69, 9.17) is 14.5 Å². The number of carboxylic acids is 2. The van der Waals surface area contributed by atoms with Gasteiger partial charge in [-0.2, -0.15) is 4.89 Å². The molecule has 0 fully saturated rings. The van der Waals surface area contributed by atoms with Crippen molar-refractivity contribution in [1.29, 1.82) is 0 Å². The number of hydrogen-bond donors (Lipinski definition) is 2. The Morgan fingerprint density at radius 2 is 1.45 bits per heavy atom. The summed E-state index contributed by atoms with van der Waals surface area (Å²) in [7, 11) is 0. The first-order valence-corrected chi connectivity index (χ1v) is 9.06. The quantitative estimate of drug-likeness (QED) is 0.162. The minimum absolute atomic E-state index is 0.0101. The Labute approximate surface area is 184 Å². The van der Waals surface area contributed by atoms with Crippen LogP contribution in [0.3, 0.4) is 0 Å². The lowest BCUT2D eigenvalue weighted by molar-refractivity contribution is -0.385. The Kier molecular flexibility index (Phi) is 8.08. The van der Waals surface area contributed by atoms with E-state index in [1.54, 1.807) is 0 Å². The molecule has 1 atom stereocenters. The number of carboxylic acid groups (broad SMARTS) is 2. The lowest BCUT2D eigenvalue weighted by Crippen LogP contribution is -2.23. The van der Waals surface area contributed by atoms with Crippen LogP contribution < -0.4 is 0 Å². The van der Waals surface area contributed by atoms with Crippen molar-refractivity contribution in [1.82, 2.24) is 0 Å². The van der Waals surface area contributed by atoms with E-state index < -0.39 is 57.5 Å². The zero-order chi connectivity index (χ0) is 24.7. The minimum Gasteiger partial charge on any atom is -0.478 e. The molecule has 0 saturated heterocycles. The number of hydrogen-bond acceptors (Lipinski definition) is 10. The van der Waals surface area contributed by atoms with Gasteiger partial charge in [-0.15, -0.1) is 0 Å². The highest BCUT2D eigenvalue weighted by Crippen LogP contribution is 2.22. The predicted molar refractivity (Wildman–Crippen MR) is 105 cm³/mol.